The molecule has 0 saturated heterocycles. The maximum absolute atomic E-state index is 13.7. The third-order valence-electron chi connectivity index (χ3n) is 9.01. The fraction of sp³-hybridized carbons (Fsp3) is 0.219. The Bertz CT molecular complexity index is 2470. The smallest absolute Gasteiger partial charge is 0.394 e. The van der Waals surface area contributed by atoms with Crippen LogP contribution >= 0.6 is 0 Å². The zero-order valence-corrected chi connectivity index (χ0v) is 25.6. The van der Waals surface area contributed by atoms with E-state index in [1.165, 1.54) is 10.6 Å². The van der Waals surface area contributed by atoms with Crippen molar-refractivity contribution in [3.05, 3.63) is 113 Å². The summed E-state index contributed by atoms with van der Waals surface area (Å²) < 4.78 is 5.80. The van der Waals surface area contributed by atoms with Crippen LogP contribution < -0.4 is 43.6 Å². The molecule has 49 heavy (non-hydrogen) atoms. The molecule has 1 aliphatic carbocycles. The minimum absolute atomic E-state index is 0.00537. The van der Waals surface area contributed by atoms with E-state index in [1.807, 2.05) is 35.2 Å². The maximum Gasteiger partial charge on any atom is 0.439 e. The number of amides is 2. The molecule has 2 amide bonds. The fourth-order valence-corrected chi connectivity index (χ4v) is 6.56. The number of hydrogen-bond donors (Lipinski definition) is 5. The van der Waals surface area contributed by atoms with Crippen molar-refractivity contribution < 1.29 is 14.1 Å². The van der Waals surface area contributed by atoms with Crippen molar-refractivity contribution in [2.45, 2.75) is 38.4 Å². The fourth-order valence-electron chi connectivity index (χ4n) is 6.56. The van der Waals surface area contributed by atoms with Gasteiger partial charge in [0.2, 0.25) is 5.95 Å². The number of rotatable bonds is 7. The molecule has 0 spiro atoms. The summed E-state index contributed by atoms with van der Waals surface area (Å²) in [5, 5.41) is 13.7. The molecular weight excluding hydrogens is 634 g/mol. The normalized spacial score (nSPS) is 15.3. The first-order valence-corrected chi connectivity index (χ1v) is 15.4. The highest BCUT2D eigenvalue weighted by Crippen LogP contribution is 2.34. The van der Waals surface area contributed by atoms with Gasteiger partial charge in [-0.15, -0.1) is 5.10 Å². The Labute approximate surface area is 274 Å². The molecule has 246 valence electrons. The van der Waals surface area contributed by atoms with Gasteiger partial charge in [0, 0.05) is 31.3 Å². The van der Waals surface area contributed by atoms with Crippen molar-refractivity contribution in [2.75, 3.05) is 22.9 Å². The Balaban J connectivity index is 0.987. The topological polar surface area (TPSA) is 250 Å². The number of carbonyl (C=O) groups excluding carboxylic acids is 2. The molecule has 0 unspecified atom stereocenters. The van der Waals surface area contributed by atoms with E-state index in [9.17, 15) is 24.0 Å². The van der Waals surface area contributed by atoms with Gasteiger partial charge in [-0.05, 0) is 53.1 Å². The standard InChI is InChI=1S/C32H27N11O6/c33-23-24(26(45)25(23)44)42-8-7-15-2-1-14(9-18(15)13-42)12-35-28(46)21-11-22(43-31(37-21)39-30(34)40-43)29(47)36-20-6-4-16-10-17(3-5-19(16)20)27-38-32(48)49-41-27/h1-3,5,9-11,20H,4,6-8,12-13,33H2,(H2,34,40)(H,35,46)(H,36,47)(H,38,41,48)/t20-/m0/s1. The average Bonchev–Trinajstić information content (AvgIpc) is 3.83. The summed E-state index contributed by atoms with van der Waals surface area (Å²) in [4.78, 5) is 74.8. The van der Waals surface area contributed by atoms with Gasteiger partial charge in [0.1, 0.15) is 22.8 Å². The highest BCUT2D eigenvalue weighted by Gasteiger charge is 2.29. The van der Waals surface area contributed by atoms with E-state index in [-0.39, 0.29) is 47.1 Å². The van der Waals surface area contributed by atoms with Crippen LogP contribution in [0.25, 0.3) is 17.2 Å². The van der Waals surface area contributed by atoms with E-state index in [0.717, 1.165) is 27.8 Å². The summed E-state index contributed by atoms with van der Waals surface area (Å²) in [6.07, 6.45) is 1.98. The van der Waals surface area contributed by atoms with Gasteiger partial charge in [-0.1, -0.05) is 35.5 Å². The van der Waals surface area contributed by atoms with Crippen LogP contribution in [0.4, 0.5) is 17.3 Å². The number of nitrogens with two attached hydrogens (primary N) is 2. The molecule has 2 aliphatic rings. The predicted octanol–water partition coefficient (Wildman–Crippen LogP) is 0.138. The van der Waals surface area contributed by atoms with Crippen molar-refractivity contribution in [3.8, 4) is 11.4 Å². The average molecular weight is 662 g/mol. The number of nitrogen functional groups attached to an aromatic ring is 2. The van der Waals surface area contributed by atoms with Crippen LogP contribution in [0.3, 0.4) is 0 Å². The number of aromatic amines is 1. The zero-order chi connectivity index (χ0) is 34.0. The van der Waals surface area contributed by atoms with Crippen molar-refractivity contribution >= 4 is 34.9 Å². The number of anilines is 3. The van der Waals surface area contributed by atoms with Gasteiger partial charge in [0.05, 0.1) is 6.04 Å². The molecule has 7 N–H and O–H groups in total. The van der Waals surface area contributed by atoms with E-state index in [2.05, 4.69) is 40.4 Å². The Morgan fingerprint density at radius 3 is 2.61 bits per heavy atom. The monoisotopic (exact) mass is 661 g/mol. The summed E-state index contributed by atoms with van der Waals surface area (Å²) in [5.41, 5.74) is 16.1. The van der Waals surface area contributed by atoms with Crippen LogP contribution in [0.5, 0.6) is 0 Å². The lowest BCUT2D eigenvalue weighted by Gasteiger charge is -2.32. The molecular formula is C32H27N11O6. The van der Waals surface area contributed by atoms with Crippen molar-refractivity contribution in [1.82, 2.24) is 40.4 Å². The first kappa shape index (κ1) is 29.7. The Morgan fingerprint density at radius 1 is 0.959 bits per heavy atom. The van der Waals surface area contributed by atoms with Crippen LogP contribution in [0.2, 0.25) is 0 Å². The molecule has 3 aromatic heterocycles. The Hall–Kier alpha value is -6.65. The number of H-pyrrole nitrogens is 1. The van der Waals surface area contributed by atoms with Crippen LogP contribution in [0, 0.1) is 0 Å². The maximum atomic E-state index is 13.7. The van der Waals surface area contributed by atoms with E-state index in [0.29, 0.717) is 43.7 Å². The lowest BCUT2D eigenvalue weighted by molar-refractivity contribution is 0.0929. The van der Waals surface area contributed by atoms with Crippen LogP contribution in [0.15, 0.2) is 61.4 Å². The van der Waals surface area contributed by atoms with Crippen molar-refractivity contribution in [2.24, 2.45) is 0 Å². The van der Waals surface area contributed by atoms with Crippen molar-refractivity contribution in [1.29, 1.82) is 0 Å². The first-order chi connectivity index (χ1) is 23.6. The molecule has 0 bridgehead atoms. The van der Waals surface area contributed by atoms with Crippen molar-refractivity contribution in [3.63, 3.8) is 0 Å². The third kappa shape index (κ3) is 5.16. The molecule has 17 heteroatoms. The number of nitrogens with one attached hydrogen (secondary N) is 3. The number of carbonyl (C=O) groups is 2. The molecule has 0 radical (unpaired) electrons. The lowest BCUT2D eigenvalue weighted by Crippen LogP contribution is -2.44. The van der Waals surface area contributed by atoms with Gasteiger partial charge in [-0.25, -0.2) is 9.78 Å². The van der Waals surface area contributed by atoms with Gasteiger partial charge >= 0.3 is 5.76 Å². The van der Waals surface area contributed by atoms with Gasteiger partial charge in [0.15, 0.2) is 5.82 Å². The third-order valence-corrected chi connectivity index (χ3v) is 9.01. The number of aromatic nitrogens is 6. The second kappa shape index (κ2) is 11.3. The predicted molar refractivity (Wildman–Crippen MR) is 174 cm³/mol. The van der Waals surface area contributed by atoms with E-state index in [4.69, 9.17) is 11.5 Å². The van der Waals surface area contributed by atoms with E-state index >= 15 is 0 Å². The molecule has 3 aromatic carbocycles. The largest absolute Gasteiger partial charge is 0.439 e. The summed E-state index contributed by atoms with van der Waals surface area (Å²) in [7, 11) is 0. The minimum atomic E-state index is -0.652. The molecule has 4 heterocycles. The quantitative estimate of drug-likeness (QED) is 0.143. The number of nitrogens with zero attached hydrogens (tertiary/aromatic N) is 6. The van der Waals surface area contributed by atoms with E-state index in [1.54, 1.807) is 6.07 Å². The molecule has 0 saturated carbocycles. The lowest BCUT2D eigenvalue weighted by atomic mass is 9.96. The number of aryl methyl sites for hydroxylation is 1. The molecule has 1 atom stereocenters. The molecule has 17 nitrogen and oxygen atoms in total. The second-order valence-corrected chi connectivity index (χ2v) is 12.0. The highest BCUT2D eigenvalue weighted by molar-refractivity contribution is 5.98. The van der Waals surface area contributed by atoms with Gasteiger partial charge < -0.3 is 27.0 Å². The molecule has 8 rings (SSSR count). The van der Waals surface area contributed by atoms with E-state index < -0.39 is 28.4 Å². The molecule has 6 aromatic rings. The van der Waals surface area contributed by atoms with Crippen LogP contribution in [-0.2, 0) is 25.9 Å². The zero-order valence-electron chi connectivity index (χ0n) is 25.6. The highest BCUT2D eigenvalue weighted by atomic mass is 16.5. The Kier molecular flexibility index (Phi) is 6.83. The van der Waals surface area contributed by atoms with Gasteiger partial charge in [0.25, 0.3) is 28.4 Å². The second-order valence-electron chi connectivity index (χ2n) is 12.0. The van der Waals surface area contributed by atoms with Gasteiger partial charge in [-0.3, -0.25) is 28.7 Å². The Morgan fingerprint density at radius 2 is 1.82 bits per heavy atom. The first-order valence-electron chi connectivity index (χ1n) is 15.4. The number of benzene rings is 2. The number of fused-ring (bicyclic) bond motifs is 3. The van der Waals surface area contributed by atoms with Crippen LogP contribution in [0.1, 0.15) is 61.3 Å². The molecule has 0 fully saturated rings. The molecule has 1 aliphatic heterocycles. The number of hydrogen-bond acceptors (Lipinski definition) is 13. The SMILES string of the molecule is Nc1nc2nc(C(=O)NCc3ccc4c(c3)CN(c3c(N)c(=O)c3=O)CC4)cc(C(=O)N[C@H]3CCc4cc(-c5noc(=O)[nH]5)ccc43)n2n1. The summed E-state index contributed by atoms with van der Waals surface area (Å²) in [6.45, 7) is 1.13. The van der Waals surface area contributed by atoms with Gasteiger partial charge in [-0.2, -0.15) is 9.50 Å². The summed E-state index contributed by atoms with van der Waals surface area (Å²) >= 11 is 0. The minimum Gasteiger partial charge on any atom is -0.394 e. The van der Waals surface area contributed by atoms with Crippen LogP contribution in [-0.4, -0.2) is 48.1 Å². The summed E-state index contributed by atoms with van der Waals surface area (Å²) in [5.74, 6) is -1.51. The summed E-state index contributed by atoms with van der Waals surface area (Å²) in [6, 6.07) is 12.4.